The molecule has 1 aromatic carbocycles. The van der Waals surface area contributed by atoms with Crippen LogP contribution in [0.2, 0.25) is 0 Å². The highest BCUT2D eigenvalue weighted by Crippen LogP contribution is 2.15. The molecule has 6 nitrogen and oxygen atoms in total. The molecule has 1 rings (SSSR count). The third-order valence-electron chi connectivity index (χ3n) is 2.11. The Morgan fingerprint density at radius 2 is 1.68 bits per heavy atom. The minimum Gasteiger partial charge on any atom is -0.422 e. The van der Waals surface area contributed by atoms with Crippen molar-refractivity contribution in [2.75, 3.05) is 11.5 Å². The van der Waals surface area contributed by atoms with Gasteiger partial charge in [-0.25, -0.2) is 9.59 Å². The summed E-state index contributed by atoms with van der Waals surface area (Å²) in [5.41, 5.74) is 12.2. The lowest BCUT2D eigenvalue weighted by molar-refractivity contribution is -0.160. The summed E-state index contributed by atoms with van der Waals surface area (Å²) in [6.45, 7) is 6.34. The van der Waals surface area contributed by atoms with E-state index in [9.17, 15) is 9.59 Å². The van der Waals surface area contributed by atoms with Gasteiger partial charge in [0.15, 0.2) is 0 Å². The van der Waals surface area contributed by atoms with Crippen LogP contribution < -0.4 is 11.5 Å². The summed E-state index contributed by atoms with van der Waals surface area (Å²) in [4.78, 5) is 23.0. The molecule has 0 saturated heterocycles. The van der Waals surface area contributed by atoms with Crippen molar-refractivity contribution in [2.24, 2.45) is 0 Å². The maximum absolute atomic E-state index is 11.8. The van der Waals surface area contributed by atoms with E-state index < -0.39 is 18.2 Å². The van der Waals surface area contributed by atoms with E-state index in [4.69, 9.17) is 20.9 Å². The van der Waals surface area contributed by atoms with Crippen LogP contribution in [0.5, 0.6) is 0 Å². The van der Waals surface area contributed by atoms with E-state index in [1.807, 2.05) is 0 Å². The summed E-state index contributed by atoms with van der Waals surface area (Å²) in [7, 11) is 0. The van der Waals surface area contributed by atoms with Crippen molar-refractivity contribution >= 4 is 23.3 Å². The number of anilines is 2. The first-order valence-electron chi connectivity index (χ1n) is 5.53. The molecule has 0 bridgehead atoms. The Labute approximate surface area is 111 Å². The van der Waals surface area contributed by atoms with Crippen molar-refractivity contribution in [1.29, 1.82) is 0 Å². The minimum atomic E-state index is -1.03. The van der Waals surface area contributed by atoms with E-state index in [1.165, 1.54) is 32.0 Å². The first-order chi connectivity index (χ1) is 8.79. The third kappa shape index (κ3) is 4.34. The number of hydrogen-bond acceptors (Lipinski definition) is 6. The molecular formula is C13H16N2O4. The van der Waals surface area contributed by atoms with Crippen LogP contribution in [-0.2, 0) is 14.3 Å². The van der Waals surface area contributed by atoms with E-state index in [2.05, 4.69) is 6.58 Å². The molecule has 4 N–H and O–H groups in total. The second kappa shape index (κ2) is 5.90. The van der Waals surface area contributed by atoms with Gasteiger partial charge in [-0.2, -0.15) is 0 Å². The van der Waals surface area contributed by atoms with Gasteiger partial charge in [-0.3, -0.25) is 0 Å². The van der Waals surface area contributed by atoms with Crippen molar-refractivity contribution in [2.45, 2.75) is 20.1 Å². The first-order valence-corrected chi connectivity index (χ1v) is 5.53. The predicted molar refractivity (Wildman–Crippen MR) is 71.1 cm³/mol. The first kappa shape index (κ1) is 14.6. The number of benzene rings is 1. The molecule has 0 heterocycles. The van der Waals surface area contributed by atoms with E-state index in [1.54, 1.807) is 0 Å². The van der Waals surface area contributed by atoms with Crippen molar-refractivity contribution < 1.29 is 19.1 Å². The van der Waals surface area contributed by atoms with Crippen LogP contribution in [0.25, 0.3) is 0 Å². The second-order valence-electron chi connectivity index (χ2n) is 4.05. The smallest absolute Gasteiger partial charge is 0.341 e. The molecule has 0 saturated carbocycles. The number of esters is 2. The van der Waals surface area contributed by atoms with Gasteiger partial charge >= 0.3 is 11.9 Å². The Balaban J connectivity index is 2.69. The summed E-state index contributed by atoms with van der Waals surface area (Å²) >= 11 is 0. The van der Waals surface area contributed by atoms with Crippen LogP contribution in [0.1, 0.15) is 24.2 Å². The number of nitrogens with two attached hydrogens (primary N) is 2. The summed E-state index contributed by atoms with van der Waals surface area (Å²) in [5.74, 6) is -1.31. The van der Waals surface area contributed by atoms with Gasteiger partial charge in [0, 0.05) is 23.9 Å². The number of carbonyl (C=O) groups is 2. The van der Waals surface area contributed by atoms with Gasteiger partial charge in [0.2, 0.25) is 6.29 Å². The highest BCUT2D eigenvalue weighted by atomic mass is 16.7. The maximum atomic E-state index is 11.8. The van der Waals surface area contributed by atoms with Crippen LogP contribution in [0.15, 0.2) is 30.4 Å². The molecular weight excluding hydrogens is 248 g/mol. The zero-order valence-electron chi connectivity index (χ0n) is 10.8. The Bertz CT molecular complexity index is 505. The molecule has 0 radical (unpaired) electrons. The zero-order valence-corrected chi connectivity index (χ0v) is 10.8. The van der Waals surface area contributed by atoms with Crippen molar-refractivity contribution in [3.05, 3.63) is 35.9 Å². The predicted octanol–water partition coefficient (Wildman–Crippen LogP) is 1.47. The van der Waals surface area contributed by atoms with Crippen LogP contribution in [0.4, 0.5) is 11.4 Å². The number of rotatable bonds is 4. The van der Waals surface area contributed by atoms with Crippen molar-refractivity contribution in [3.8, 4) is 0 Å². The number of carbonyl (C=O) groups excluding carboxylic acids is 2. The normalized spacial score (nSPS) is 11.5. The topological polar surface area (TPSA) is 105 Å². The van der Waals surface area contributed by atoms with Gasteiger partial charge in [-0.05, 0) is 25.1 Å². The molecule has 0 aliphatic heterocycles. The molecule has 0 spiro atoms. The standard InChI is InChI=1S/C13H16N2O4/c1-7(2)12(16)18-8(3)19-13(17)9-4-10(14)6-11(15)5-9/h4-6,8H,1,14-15H2,2-3H3. The molecule has 1 atom stereocenters. The lowest BCUT2D eigenvalue weighted by atomic mass is 10.2. The fraction of sp³-hybridized carbons (Fsp3) is 0.231. The fourth-order valence-corrected chi connectivity index (χ4v) is 1.29. The average molecular weight is 264 g/mol. The van der Waals surface area contributed by atoms with Gasteiger partial charge in [0.1, 0.15) is 0 Å². The summed E-state index contributed by atoms with van der Waals surface area (Å²) in [5, 5.41) is 0. The van der Waals surface area contributed by atoms with Gasteiger partial charge < -0.3 is 20.9 Å². The number of ether oxygens (including phenoxy) is 2. The Kier molecular flexibility index (Phi) is 4.52. The largest absolute Gasteiger partial charge is 0.422 e. The molecule has 6 heteroatoms. The lowest BCUT2D eigenvalue weighted by Gasteiger charge is -2.14. The molecule has 1 unspecified atom stereocenters. The van der Waals surface area contributed by atoms with Gasteiger partial charge in [-0.15, -0.1) is 0 Å². The number of hydrogen-bond donors (Lipinski definition) is 2. The van der Waals surface area contributed by atoms with E-state index >= 15 is 0 Å². The zero-order chi connectivity index (χ0) is 14.6. The summed E-state index contributed by atoms with van der Waals surface area (Å²) in [6.07, 6.45) is -1.03. The fourth-order valence-electron chi connectivity index (χ4n) is 1.29. The molecule has 0 fully saturated rings. The molecule has 0 aliphatic carbocycles. The minimum absolute atomic E-state index is 0.190. The van der Waals surface area contributed by atoms with Gasteiger partial charge in [-0.1, -0.05) is 6.58 Å². The molecule has 102 valence electrons. The highest BCUT2D eigenvalue weighted by Gasteiger charge is 2.16. The van der Waals surface area contributed by atoms with E-state index in [0.717, 1.165) is 0 Å². The highest BCUT2D eigenvalue weighted by molar-refractivity contribution is 5.92. The van der Waals surface area contributed by atoms with Crippen molar-refractivity contribution in [3.63, 3.8) is 0 Å². The summed E-state index contributed by atoms with van der Waals surface area (Å²) in [6, 6.07) is 4.36. The van der Waals surface area contributed by atoms with Gasteiger partial charge in [0.05, 0.1) is 5.56 Å². The van der Waals surface area contributed by atoms with E-state index in [-0.39, 0.29) is 11.1 Å². The molecule has 1 aromatic rings. The molecule has 19 heavy (non-hydrogen) atoms. The molecule has 0 aliphatic rings. The Morgan fingerprint density at radius 1 is 1.16 bits per heavy atom. The molecule has 0 amide bonds. The van der Waals surface area contributed by atoms with Gasteiger partial charge in [0.25, 0.3) is 0 Å². The van der Waals surface area contributed by atoms with Crippen molar-refractivity contribution in [1.82, 2.24) is 0 Å². The third-order valence-corrected chi connectivity index (χ3v) is 2.11. The Hall–Kier alpha value is -2.50. The van der Waals surface area contributed by atoms with E-state index in [0.29, 0.717) is 11.4 Å². The maximum Gasteiger partial charge on any atom is 0.341 e. The van der Waals surface area contributed by atoms with Crippen LogP contribution in [0.3, 0.4) is 0 Å². The molecule has 0 aromatic heterocycles. The average Bonchev–Trinajstić information content (AvgIpc) is 2.26. The number of nitrogen functional groups attached to an aromatic ring is 2. The summed E-state index contributed by atoms with van der Waals surface area (Å²) < 4.78 is 9.75. The quantitative estimate of drug-likeness (QED) is 0.369. The SMILES string of the molecule is C=C(C)C(=O)OC(C)OC(=O)c1cc(N)cc(N)c1. The lowest BCUT2D eigenvalue weighted by Crippen LogP contribution is -2.22. The van der Waals surface area contributed by atoms with Crippen LogP contribution in [-0.4, -0.2) is 18.2 Å². The Morgan fingerprint density at radius 3 is 2.16 bits per heavy atom. The second-order valence-corrected chi connectivity index (χ2v) is 4.05. The van der Waals surface area contributed by atoms with Crippen LogP contribution >= 0.6 is 0 Å². The van der Waals surface area contributed by atoms with Crippen LogP contribution in [0, 0.1) is 0 Å². The monoisotopic (exact) mass is 264 g/mol.